The molecule has 0 spiro atoms. The Labute approximate surface area is 191 Å². The molecule has 33 heavy (non-hydrogen) atoms. The van der Waals surface area contributed by atoms with E-state index >= 15 is 0 Å². The predicted octanol–water partition coefficient (Wildman–Crippen LogP) is 2.85. The highest BCUT2D eigenvalue weighted by Crippen LogP contribution is 2.38. The first-order valence-electron chi connectivity index (χ1n) is 11.2. The molecule has 1 atom stereocenters. The molecule has 5 rings (SSSR count). The van der Waals surface area contributed by atoms with Gasteiger partial charge in [0.25, 0.3) is 0 Å². The largest absolute Gasteiger partial charge is 0.388 e. The van der Waals surface area contributed by atoms with Crippen LogP contribution in [0.2, 0.25) is 0 Å². The highest BCUT2D eigenvalue weighted by molar-refractivity contribution is 6.39. The number of aliphatic hydroxyl groups is 1. The molecule has 0 fully saturated rings. The van der Waals surface area contributed by atoms with E-state index in [1.54, 1.807) is 6.07 Å². The number of fused-ring (bicyclic) bond motifs is 1. The van der Waals surface area contributed by atoms with Crippen molar-refractivity contribution in [3.8, 4) is 0 Å². The van der Waals surface area contributed by atoms with Gasteiger partial charge in [0.05, 0.1) is 18.2 Å². The number of nitrogens with zero attached hydrogens (tertiary/aromatic N) is 1. The van der Waals surface area contributed by atoms with Crippen molar-refractivity contribution in [3.05, 3.63) is 71.3 Å². The van der Waals surface area contributed by atoms with Gasteiger partial charge in [0.15, 0.2) is 0 Å². The molecule has 2 heterocycles. The Kier molecular flexibility index (Phi) is 5.56. The second-order valence-corrected chi connectivity index (χ2v) is 8.55. The van der Waals surface area contributed by atoms with Crippen LogP contribution in [0, 0.1) is 0 Å². The Morgan fingerprint density at radius 1 is 1.03 bits per heavy atom. The first kappa shape index (κ1) is 21.2. The summed E-state index contributed by atoms with van der Waals surface area (Å²) in [6.07, 6.45) is 1.58. The molecule has 2 aliphatic heterocycles. The second kappa shape index (κ2) is 8.67. The maximum atomic E-state index is 12.4. The third-order valence-electron chi connectivity index (χ3n) is 6.36. The van der Waals surface area contributed by atoms with Gasteiger partial charge in [-0.3, -0.25) is 14.4 Å². The summed E-state index contributed by atoms with van der Waals surface area (Å²) in [7, 11) is 0. The van der Waals surface area contributed by atoms with Crippen molar-refractivity contribution >= 4 is 39.9 Å². The topological polar surface area (TPSA) is 98.7 Å². The van der Waals surface area contributed by atoms with Crippen LogP contribution in [-0.2, 0) is 27.2 Å². The van der Waals surface area contributed by atoms with E-state index in [9.17, 15) is 19.5 Å². The normalized spacial score (nSPS) is 15.3. The Morgan fingerprint density at radius 3 is 2.70 bits per heavy atom. The zero-order chi connectivity index (χ0) is 22.9. The van der Waals surface area contributed by atoms with Crippen molar-refractivity contribution in [3.63, 3.8) is 0 Å². The number of carbonyl (C=O) groups is 3. The molecule has 168 valence electrons. The Morgan fingerprint density at radius 2 is 1.82 bits per heavy atom. The van der Waals surface area contributed by atoms with Gasteiger partial charge in [-0.15, -0.1) is 0 Å². The molecule has 3 aromatic carbocycles. The van der Waals surface area contributed by atoms with Crippen LogP contribution in [0.3, 0.4) is 0 Å². The fraction of sp³-hybridized carbons (Fsp3) is 0.269. The van der Waals surface area contributed by atoms with Gasteiger partial charge in [-0.25, -0.2) is 0 Å². The van der Waals surface area contributed by atoms with Crippen LogP contribution in [-0.4, -0.2) is 35.9 Å². The molecule has 3 aromatic rings. The maximum Gasteiger partial charge on any atom is 0.313 e. The van der Waals surface area contributed by atoms with Gasteiger partial charge in [0.1, 0.15) is 0 Å². The summed E-state index contributed by atoms with van der Waals surface area (Å²) in [6, 6.07) is 17.2. The number of amides is 3. The summed E-state index contributed by atoms with van der Waals surface area (Å²) in [5.41, 5.74) is 4.21. The fourth-order valence-corrected chi connectivity index (χ4v) is 4.84. The molecular weight excluding hydrogens is 418 g/mol. The van der Waals surface area contributed by atoms with E-state index < -0.39 is 17.9 Å². The lowest BCUT2D eigenvalue weighted by atomic mass is 9.99. The summed E-state index contributed by atoms with van der Waals surface area (Å²) >= 11 is 0. The summed E-state index contributed by atoms with van der Waals surface area (Å²) < 4.78 is 0. The number of aryl methyl sites for hydroxylation is 1. The van der Waals surface area contributed by atoms with Crippen molar-refractivity contribution in [2.45, 2.75) is 31.8 Å². The lowest BCUT2D eigenvalue weighted by Gasteiger charge is -2.26. The molecular formula is C26H25N3O4. The molecule has 0 saturated carbocycles. The molecule has 3 N–H and O–H groups in total. The van der Waals surface area contributed by atoms with Crippen molar-refractivity contribution in [2.24, 2.45) is 0 Å². The number of aliphatic hydroxyl groups excluding tert-OH is 1. The van der Waals surface area contributed by atoms with Crippen LogP contribution in [0.4, 0.5) is 11.4 Å². The van der Waals surface area contributed by atoms with Gasteiger partial charge in [-0.05, 0) is 58.9 Å². The van der Waals surface area contributed by atoms with Gasteiger partial charge < -0.3 is 20.6 Å². The monoisotopic (exact) mass is 443 g/mol. The van der Waals surface area contributed by atoms with Crippen molar-refractivity contribution in [2.75, 3.05) is 23.3 Å². The first-order chi connectivity index (χ1) is 16.0. The zero-order valence-electron chi connectivity index (χ0n) is 18.1. The Balaban J connectivity index is 1.19. The van der Waals surface area contributed by atoms with E-state index in [4.69, 9.17) is 0 Å². The van der Waals surface area contributed by atoms with E-state index in [0.29, 0.717) is 12.1 Å². The summed E-state index contributed by atoms with van der Waals surface area (Å²) in [6.45, 7) is 0.896. The van der Waals surface area contributed by atoms with Crippen molar-refractivity contribution < 1.29 is 19.5 Å². The quantitative estimate of drug-likeness (QED) is 0.528. The number of anilines is 2. The van der Waals surface area contributed by atoms with E-state index in [-0.39, 0.29) is 18.9 Å². The van der Waals surface area contributed by atoms with Gasteiger partial charge in [0.2, 0.25) is 5.91 Å². The van der Waals surface area contributed by atoms with Crippen molar-refractivity contribution in [1.29, 1.82) is 0 Å². The summed E-state index contributed by atoms with van der Waals surface area (Å²) in [5, 5.41) is 17.9. The number of hydrogen-bond donors (Lipinski definition) is 3. The van der Waals surface area contributed by atoms with Crippen molar-refractivity contribution in [1.82, 2.24) is 5.32 Å². The zero-order valence-corrected chi connectivity index (χ0v) is 18.1. The predicted molar refractivity (Wildman–Crippen MR) is 126 cm³/mol. The molecule has 0 saturated heterocycles. The minimum atomic E-state index is -0.765. The Bertz CT molecular complexity index is 1260. The van der Waals surface area contributed by atoms with Gasteiger partial charge in [-0.1, -0.05) is 42.5 Å². The van der Waals surface area contributed by atoms with Crippen LogP contribution in [0.5, 0.6) is 0 Å². The van der Waals surface area contributed by atoms with Crippen LogP contribution >= 0.6 is 0 Å². The first-order valence-corrected chi connectivity index (χ1v) is 11.2. The van der Waals surface area contributed by atoms with Gasteiger partial charge in [0, 0.05) is 18.8 Å². The fourth-order valence-electron chi connectivity index (χ4n) is 4.84. The maximum absolute atomic E-state index is 12.4. The third-order valence-corrected chi connectivity index (χ3v) is 6.36. The molecule has 0 radical (unpaired) electrons. The summed E-state index contributed by atoms with van der Waals surface area (Å²) in [4.78, 5) is 38.7. The third kappa shape index (κ3) is 4.07. The molecule has 0 bridgehead atoms. The van der Waals surface area contributed by atoms with Gasteiger partial charge in [-0.2, -0.15) is 0 Å². The molecule has 3 amide bonds. The van der Waals surface area contributed by atoms with E-state index in [1.165, 1.54) is 0 Å². The molecule has 7 heteroatoms. The smallest absolute Gasteiger partial charge is 0.313 e. The van der Waals surface area contributed by atoms with Crippen LogP contribution in [0.1, 0.15) is 35.6 Å². The SMILES string of the molecule is O=C(NCC[C@H](O)c1cccc2ccccc12)C(=O)Nc1cc2c3c(c1)CC(=O)N3CCC2. The average Bonchev–Trinajstić information content (AvgIpc) is 3.15. The minimum Gasteiger partial charge on any atom is -0.388 e. The molecule has 2 aliphatic rings. The lowest BCUT2D eigenvalue weighted by molar-refractivity contribution is -0.136. The molecule has 0 aliphatic carbocycles. The molecule has 0 unspecified atom stereocenters. The van der Waals surface area contributed by atoms with E-state index in [1.807, 2.05) is 53.4 Å². The second-order valence-electron chi connectivity index (χ2n) is 8.55. The van der Waals surface area contributed by atoms with Crippen LogP contribution < -0.4 is 15.5 Å². The number of carbonyl (C=O) groups excluding carboxylic acids is 3. The highest BCUT2D eigenvalue weighted by atomic mass is 16.3. The average molecular weight is 444 g/mol. The molecule has 0 aromatic heterocycles. The van der Waals surface area contributed by atoms with E-state index in [2.05, 4.69) is 10.6 Å². The number of rotatable bonds is 5. The van der Waals surface area contributed by atoms with Crippen LogP contribution in [0.25, 0.3) is 10.8 Å². The minimum absolute atomic E-state index is 0.0805. The van der Waals surface area contributed by atoms with Gasteiger partial charge >= 0.3 is 11.8 Å². The lowest BCUT2D eigenvalue weighted by Crippen LogP contribution is -2.36. The number of benzene rings is 3. The summed E-state index contributed by atoms with van der Waals surface area (Å²) in [5.74, 6) is -1.44. The number of hydrogen-bond acceptors (Lipinski definition) is 4. The standard InChI is InChI=1S/C26H25N3O4/c30-22(21-9-3-6-16-5-1-2-8-20(16)21)10-11-27-25(32)26(33)28-19-13-17-7-4-12-29-23(31)15-18(14-19)24(17)29/h1-3,5-6,8-9,13-14,22,30H,4,7,10-12,15H2,(H,27,32)(H,28,33)/t22-/m0/s1. The number of nitrogens with one attached hydrogen (secondary N) is 2. The Hall–Kier alpha value is -3.71. The highest BCUT2D eigenvalue weighted by Gasteiger charge is 2.32. The van der Waals surface area contributed by atoms with E-state index in [0.717, 1.165) is 52.5 Å². The molecule has 7 nitrogen and oxygen atoms in total. The van der Waals surface area contributed by atoms with Crippen LogP contribution in [0.15, 0.2) is 54.6 Å².